The van der Waals surface area contributed by atoms with E-state index in [9.17, 15) is 0 Å². The van der Waals surface area contributed by atoms with Crippen molar-refractivity contribution in [2.75, 3.05) is 13.1 Å². The van der Waals surface area contributed by atoms with Crippen LogP contribution in [-0.4, -0.2) is 28.0 Å². The molecular weight excluding hydrogens is 272 g/mol. The molecule has 0 atom stereocenters. The minimum atomic E-state index is 0.486. The fourth-order valence-corrected chi connectivity index (χ4v) is 2.35. The van der Waals surface area contributed by atoms with Crippen LogP contribution in [0.3, 0.4) is 0 Å². The van der Waals surface area contributed by atoms with Gasteiger partial charge in [0.25, 0.3) is 0 Å². The van der Waals surface area contributed by atoms with Crippen LogP contribution in [-0.2, 0) is 13.1 Å². The lowest BCUT2D eigenvalue weighted by molar-refractivity contribution is 0.257. The Bertz CT molecular complexity index is 525. The normalized spacial score (nSPS) is 11.0. The van der Waals surface area contributed by atoms with Gasteiger partial charge >= 0.3 is 0 Å². The number of aromatic nitrogens is 2. The first-order valence-electron chi connectivity index (χ1n) is 6.64. The first-order valence-corrected chi connectivity index (χ1v) is 7.01. The van der Waals surface area contributed by atoms with E-state index in [-0.39, 0.29) is 0 Å². The SMILES string of the molecule is Cc1cc(Cl)nc(CN(CCN)Cc2ccccc2)n1. The van der Waals surface area contributed by atoms with E-state index in [1.54, 1.807) is 6.07 Å². The smallest absolute Gasteiger partial charge is 0.144 e. The first-order chi connectivity index (χ1) is 9.67. The molecule has 0 aliphatic rings. The Labute approximate surface area is 124 Å². The molecule has 0 unspecified atom stereocenters. The van der Waals surface area contributed by atoms with Gasteiger partial charge in [-0.15, -0.1) is 0 Å². The zero-order valence-corrected chi connectivity index (χ0v) is 12.3. The summed E-state index contributed by atoms with van der Waals surface area (Å²) < 4.78 is 0. The summed E-state index contributed by atoms with van der Waals surface area (Å²) in [5, 5.41) is 0.486. The molecule has 2 aromatic rings. The van der Waals surface area contributed by atoms with Gasteiger partial charge in [0.15, 0.2) is 0 Å². The predicted octanol–water partition coefficient (Wildman–Crippen LogP) is 2.40. The largest absolute Gasteiger partial charge is 0.329 e. The van der Waals surface area contributed by atoms with Crippen molar-refractivity contribution in [2.45, 2.75) is 20.0 Å². The zero-order valence-electron chi connectivity index (χ0n) is 11.6. The van der Waals surface area contributed by atoms with Crippen molar-refractivity contribution in [3.8, 4) is 0 Å². The molecule has 1 aromatic carbocycles. The first kappa shape index (κ1) is 14.9. The van der Waals surface area contributed by atoms with E-state index < -0.39 is 0 Å². The molecule has 0 saturated carbocycles. The van der Waals surface area contributed by atoms with Crippen molar-refractivity contribution >= 4 is 11.6 Å². The monoisotopic (exact) mass is 290 g/mol. The summed E-state index contributed by atoms with van der Waals surface area (Å²) >= 11 is 5.98. The second kappa shape index (κ2) is 7.33. The van der Waals surface area contributed by atoms with Gasteiger partial charge in [-0.1, -0.05) is 41.9 Å². The van der Waals surface area contributed by atoms with Crippen LogP contribution < -0.4 is 5.73 Å². The van der Waals surface area contributed by atoms with Gasteiger partial charge in [0, 0.05) is 25.3 Å². The van der Waals surface area contributed by atoms with Crippen LogP contribution in [0.15, 0.2) is 36.4 Å². The molecule has 0 saturated heterocycles. The van der Waals surface area contributed by atoms with Crippen molar-refractivity contribution in [2.24, 2.45) is 5.73 Å². The molecule has 1 heterocycles. The highest BCUT2D eigenvalue weighted by Crippen LogP contribution is 2.10. The fourth-order valence-electron chi connectivity index (χ4n) is 2.10. The highest BCUT2D eigenvalue weighted by atomic mass is 35.5. The van der Waals surface area contributed by atoms with Gasteiger partial charge in [0.1, 0.15) is 11.0 Å². The number of benzene rings is 1. The lowest BCUT2D eigenvalue weighted by atomic mass is 10.2. The number of halogens is 1. The van der Waals surface area contributed by atoms with Crippen LogP contribution in [0, 0.1) is 6.92 Å². The molecule has 106 valence electrons. The Hall–Kier alpha value is -1.49. The highest BCUT2D eigenvalue weighted by molar-refractivity contribution is 6.29. The predicted molar refractivity (Wildman–Crippen MR) is 81.4 cm³/mol. The molecule has 2 N–H and O–H groups in total. The molecule has 1 aromatic heterocycles. The van der Waals surface area contributed by atoms with E-state index in [0.717, 1.165) is 24.6 Å². The molecule has 2 rings (SSSR count). The Kier molecular flexibility index (Phi) is 5.47. The van der Waals surface area contributed by atoms with E-state index in [1.807, 2.05) is 25.1 Å². The van der Waals surface area contributed by atoms with Crippen LogP contribution in [0.1, 0.15) is 17.1 Å². The van der Waals surface area contributed by atoms with E-state index in [1.165, 1.54) is 5.56 Å². The van der Waals surface area contributed by atoms with Gasteiger partial charge in [-0.25, -0.2) is 9.97 Å². The molecule has 0 bridgehead atoms. The maximum atomic E-state index is 5.98. The molecule has 4 nitrogen and oxygen atoms in total. The van der Waals surface area contributed by atoms with Gasteiger partial charge in [-0.3, -0.25) is 4.90 Å². The third-order valence-corrected chi connectivity index (χ3v) is 3.12. The van der Waals surface area contributed by atoms with E-state index in [2.05, 4.69) is 27.0 Å². The molecule has 0 fully saturated rings. The molecule has 0 radical (unpaired) electrons. The van der Waals surface area contributed by atoms with Crippen LogP contribution in [0.25, 0.3) is 0 Å². The quantitative estimate of drug-likeness (QED) is 0.830. The van der Waals surface area contributed by atoms with Gasteiger partial charge in [0.2, 0.25) is 0 Å². The van der Waals surface area contributed by atoms with E-state index in [4.69, 9.17) is 17.3 Å². The number of rotatable bonds is 6. The number of hydrogen-bond acceptors (Lipinski definition) is 4. The van der Waals surface area contributed by atoms with Gasteiger partial charge in [0.05, 0.1) is 6.54 Å². The number of aryl methyl sites for hydroxylation is 1. The van der Waals surface area contributed by atoms with Crippen LogP contribution in [0.5, 0.6) is 0 Å². The Balaban J connectivity index is 2.08. The number of hydrogen-bond donors (Lipinski definition) is 1. The van der Waals surface area contributed by atoms with Crippen molar-refractivity contribution in [3.05, 3.63) is 58.6 Å². The topological polar surface area (TPSA) is 55.0 Å². The van der Waals surface area contributed by atoms with Crippen molar-refractivity contribution < 1.29 is 0 Å². The third kappa shape index (κ3) is 4.56. The van der Waals surface area contributed by atoms with Crippen molar-refractivity contribution in [3.63, 3.8) is 0 Å². The second-order valence-electron chi connectivity index (χ2n) is 4.73. The molecular formula is C15H19ClN4. The summed E-state index contributed by atoms with van der Waals surface area (Å²) in [6.07, 6.45) is 0. The molecule has 0 aliphatic heterocycles. The Morgan fingerprint density at radius 1 is 1.15 bits per heavy atom. The lowest BCUT2D eigenvalue weighted by Crippen LogP contribution is -2.29. The maximum Gasteiger partial charge on any atom is 0.144 e. The molecule has 5 heteroatoms. The van der Waals surface area contributed by atoms with Crippen LogP contribution in [0.4, 0.5) is 0 Å². The summed E-state index contributed by atoms with van der Waals surface area (Å²) in [5.41, 5.74) is 7.82. The molecule has 0 amide bonds. The standard InChI is InChI=1S/C15H19ClN4/c1-12-9-14(16)19-15(18-12)11-20(8-7-17)10-13-5-3-2-4-6-13/h2-6,9H,7-8,10-11,17H2,1H3. The summed E-state index contributed by atoms with van der Waals surface area (Å²) in [4.78, 5) is 10.9. The fraction of sp³-hybridized carbons (Fsp3) is 0.333. The summed E-state index contributed by atoms with van der Waals surface area (Å²) in [6, 6.07) is 12.1. The van der Waals surface area contributed by atoms with Crippen LogP contribution >= 0.6 is 11.6 Å². The minimum Gasteiger partial charge on any atom is -0.329 e. The maximum absolute atomic E-state index is 5.98. The number of nitrogens with two attached hydrogens (primary N) is 1. The Morgan fingerprint density at radius 2 is 1.90 bits per heavy atom. The number of nitrogens with zero attached hydrogens (tertiary/aromatic N) is 3. The second-order valence-corrected chi connectivity index (χ2v) is 5.12. The van der Waals surface area contributed by atoms with E-state index >= 15 is 0 Å². The zero-order chi connectivity index (χ0) is 14.4. The van der Waals surface area contributed by atoms with Gasteiger partial charge < -0.3 is 5.73 Å². The molecule has 0 aliphatic carbocycles. The average Bonchev–Trinajstić information content (AvgIpc) is 2.39. The average molecular weight is 291 g/mol. The van der Waals surface area contributed by atoms with Crippen molar-refractivity contribution in [1.82, 2.24) is 14.9 Å². The third-order valence-electron chi connectivity index (χ3n) is 2.93. The summed E-state index contributed by atoms with van der Waals surface area (Å²) in [6.45, 7) is 4.79. The summed E-state index contributed by atoms with van der Waals surface area (Å²) in [5.74, 6) is 0.736. The van der Waals surface area contributed by atoms with Gasteiger partial charge in [-0.05, 0) is 18.6 Å². The van der Waals surface area contributed by atoms with Crippen LogP contribution in [0.2, 0.25) is 5.15 Å². The highest BCUT2D eigenvalue weighted by Gasteiger charge is 2.09. The molecule has 20 heavy (non-hydrogen) atoms. The van der Waals surface area contributed by atoms with E-state index in [0.29, 0.717) is 18.2 Å². The van der Waals surface area contributed by atoms with Gasteiger partial charge in [-0.2, -0.15) is 0 Å². The minimum absolute atomic E-state index is 0.486. The molecule has 0 spiro atoms. The summed E-state index contributed by atoms with van der Waals surface area (Å²) in [7, 11) is 0. The Morgan fingerprint density at radius 3 is 2.55 bits per heavy atom. The van der Waals surface area contributed by atoms with Crippen molar-refractivity contribution in [1.29, 1.82) is 0 Å². The lowest BCUT2D eigenvalue weighted by Gasteiger charge is -2.21.